The molecular formula is C17H14N4O2S. The molecule has 2 heterocycles. The van der Waals surface area contributed by atoms with Crippen molar-refractivity contribution < 1.29 is 9.53 Å². The molecule has 1 N–H and O–H groups in total. The first-order chi connectivity index (χ1) is 11.7. The van der Waals surface area contributed by atoms with Crippen molar-refractivity contribution in [2.45, 2.75) is 5.03 Å². The van der Waals surface area contributed by atoms with E-state index in [-0.39, 0.29) is 11.9 Å². The number of nitrogens with zero attached hydrogens (tertiary/aromatic N) is 3. The van der Waals surface area contributed by atoms with E-state index in [4.69, 9.17) is 4.74 Å². The normalized spacial score (nSPS) is 10.2. The maximum atomic E-state index is 12.3. The number of rotatable bonds is 5. The van der Waals surface area contributed by atoms with Crippen LogP contribution in [0.4, 0.5) is 5.69 Å². The van der Waals surface area contributed by atoms with E-state index >= 15 is 0 Å². The molecule has 0 fully saturated rings. The van der Waals surface area contributed by atoms with Gasteiger partial charge in [0.15, 0.2) is 0 Å². The number of benzene rings is 1. The zero-order chi connectivity index (χ0) is 16.8. The molecule has 0 unspecified atom stereocenters. The fraction of sp³-hybridized carbons (Fsp3) is 0.0588. The van der Waals surface area contributed by atoms with Crippen molar-refractivity contribution in [3.8, 4) is 11.8 Å². The minimum atomic E-state index is -0.187. The largest absolute Gasteiger partial charge is 0.424 e. The van der Waals surface area contributed by atoms with Gasteiger partial charge in [0.2, 0.25) is 0 Å². The van der Waals surface area contributed by atoms with Gasteiger partial charge in [-0.25, -0.2) is 15.0 Å². The van der Waals surface area contributed by atoms with Crippen LogP contribution < -0.4 is 10.1 Å². The van der Waals surface area contributed by atoms with Crippen molar-refractivity contribution in [2.75, 3.05) is 11.6 Å². The van der Waals surface area contributed by atoms with Crippen LogP contribution in [0.15, 0.2) is 66.1 Å². The number of carbonyl (C=O) groups excluding carboxylic acids is 1. The summed E-state index contributed by atoms with van der Waals surface area (Å²) in [6.07, 6.45) is 6.75. The standard InChI is InChI=1S/C17H14N4O2S/c1-24-15-11-12(7-10-18-15)16(22)21-13-3-5-14(6-4-13)23-17-19-8-2-9-20-17/h2-11H,1H3,(H,21,22). The first-order valence-corrected chi connectivity index (χ1v) is 8.33. The fourth-order valence-corrected chi connectivity index (χ4v) is 2.33. The van der Waals surface area contributed by atoms with Gasteiger partial charge < -0.3 is 10.1 Å². The lowest BCUT2D eigenvalue weighted by Gasteiger charge is -2.07. The molecule has 0 aliphatic carbocycles. The molecule has 0 bridgehead atoms. The molecule has 0 aliphatic rings. The molecule has 120 valence electrons. The lowest BCUT2D eigenvalue weighted by atomic mass is 10.2. The molecule has 24 heavy (non-hydrogen) atoms. The highest BCUT2D eigenvalue weighted by Crippen LogP contribution is 2.20. The molecule has 0 saturated heterocycles. The van der Waals surface area contributed by atoms with Gasteiger partial charge in [-0.3, -0.25) is 4.79 Å². The van der Waals surface area contributed by atoms with E-state index in [9.17, 15) is 4.79 Å². The number of pyridine rings is 1. The van der Waals surface area contributed by atoms with Crippen molar-refractivity contribution in [3.63, 3.8) is 0 Å². The third kappa shape index (κ3) is 4.08. The summed E-state index contributed by atoms with van der Waals surface area (Å²) < 4.78 is 5.51. The first-order valence-electron chi connectivity index (χ1n) is 7.11. The Morgan fingerprint density at radius 3 is 2.50 bits per heavy atom. The van der Waals surface area contributed by atoms with E-state index in [1.54, 1.807) is 61.1 Å². The first kappa shape index (κ1) is 15.9. The maximum Gasteiger partial charge on any atom is 0.321 e. The van der Waals surface area contributed by atoms with E-state index in [2.05, 4.69) is 20.3 Å². The van der Waals surface area contributed by atoms with Gasteiger partial charge in [0.1, 0.15) is 5.75 Å². The van der Waals surface area contributed by atoms with Crippen molar-refractivity contribution in [3.05, 3.63) is 66.6 Å². The molecule has 0 radical (unpaired) electrons. The van der Waals surface area contributed by atoms with Gasteiger partial charge in [-0.15, -0.1) is 11.8 Å². The van der Waals surface area contributed by atoms with Crippen LogP contribution in [-0.4, -0.2) is 27.1 Å². The maximum absolute atomic E-state index is 12.3. The van der Waals surface area contributed by atoms with Crippen LogP contribution in [0.2, 0.25) is 0 Å². The van der Waals surface area contributed by atoms with Crippen molar-refractivity contribution in [1.82, 2.24) is 15.0 Å². The lowest BCUT2D eigenvalue weighted by Crippen LogP contribution is -2.12. The van der Waals surface area contributed by atoms with Crippen LogP contribution in [0.1, 0.15) is 10.4 Å². The Labute approximate surface area is 143 Å². The summed E-state index contributed by atoms with van der Waals surface area (Å²) in [5.41, 5.74) is 1.23. The highest BCUT2D eigenvalue weighted by atomic mass is 32.2. The second kappa shape index (κ2) is 7.56. The van der Waals surface area contributed by atoms with Gasteiger partial charge in [-0.1, -0.05) is 0 Å². The summed E-state index contributed by atoms with van der Waals surface area (Å²) in [6.45, 7) is 0. The second-order valence-electron chi connectivity index (χ2n) is 4.70. The van der Waals surface area contributed by atoms with Crippen molar-refractivity contribution >= 4 is 23.4 Å². The van der Waals surface area contributed by atoms with Crippen LogP contribution in [0, 0.1) is 0 Å². The van der Waals surface area contributed by atoms with Crippen molar-refractivity contribution in [2.24, 2.45) is 0 Å². The smallest absolute Gasteiger partial charge is 0.321 e. The number of anilines is 1. The lowest BCUT2D eigenvalue weighted by molar-refractivity contribution is 0.102. The summed E-state index contributed by atoms with van der Waals surface area (Å²) in [7, 11) is 0. The number of aromatic nitrogens is 3. The van der Waals surface area contributed by atoms with Gasteiger partial charge in [-0.2, -0.15) is 0 Å². The van der Waals surface area contributed by atoms with Gasteiger partial charge in [0.25, 0.3) is 5.91 Å². The molecular weight excluding hydrogens is 324 g/mol. The average Bonchev–Trinajstić information content (AvgIpc) is 2.64. The fourth-order valence-electron chi connectivity index (χ4n) is 1.92. The average molecular weight is 338 g/mol. The van der Waals surface area contributed by atoms with Crippen LogP contribution in [-0.2, 0) is 0 Å². The summed E-state index contributed by atoms with van der Waals surface area (Å²) >= 11 is 1.49. The van der Waals surface area contributed by atoms with E-state index in [0.29, 0.717) is 17.0 Å². The minimum Gasteiger partial charge on any atom is -0.424 e. The third-order valence-electron chi connectivity index (χ3n) is 3.07. The molecule has 7 heteroatoms. The summed E-state index contributed by atoms with van der Waals surface area (Å²) in [6, 6.07) is 12.4. The molecule has 0 atom stereocenters. The topological polar surface area (TPSA) is 77.0 Å². The van der Waals surface area contributed by atoms with E-state index in [1.807, 2.05) is 6.26 Å². The Hall–Kier alpha value is -2.93. The van der Waals surface area contributed by atoms with Crippen LogP contribution >= 0.6 is 11.8 Å². The van der Waals surface area contributed by atoms with Crippen molar-refractivity contribution in [1.29, 1.82) is 0 Å². The number of ether oxygens (including phenoxy) is 1. The van der Waals surface area contributed by atoms with E-state index in [1.165, 1.54) is 11.8 Å². The Bertz CT molecular complexity index is 826. The van der Waals surface area contributed by atoms with E-state index in [0.717, 1.165) is 5.03 Å². The van der Waals surface area contributed by atoms with Gasteiger partial charge in [-0.05, 0) is 48.7 Å². The van der Waals surface area contributed by atoms with Gasteiger partial charge in [0, 0.05) is 29.8 Å². The number of hydrogen-bond donors (Lipinski definition) is 1. The zero-order valence-corrected chi connectivity index (χ0v) is 13.7. The molecule has 0 saturated carbocycles. The molecule has 0 spiro atoms. The predicted octanol–water partition coefficient (Wildman–Crippen LogP) is 3.64. The molecule has 1 aromatic carbocycles. The zero-order valence-electron chi connectivity index (χ0n) is 12.8. The number of carbonyl (C=O) groups is 1. The van der Waals surface area contributed by atoms with Crippen LogP contribution in [0.3, 0.4) is 0 Å². The molecule has 3 rings (SSSR count). The van der Waals surface area contributed by atoms with Crippen LogP contribution in [0.5, 0.6) is 11.8 Å². The highest BCUT2D eigenvalue weighted by Gasteiger charge is 2.08. The van der Waals surface area contributed by atoms with Crippen LogP contribution in [0.25, 0.3) is 0 Å². The van der Waals surface area contributed by atoms with Gasteiger partial charge >= 0.3 is 6.01 Å². The third-order valence-corrected chi connectivity index (χ3v) is 3.71. The number of hydrogen-bond acceptors (Lipinski definition) is 6. The summed E-state index contributed by atoms with van der Waals surface area (Å²) in [5, 5.41) is 3.64. The predicted molar refractivity (Wildman–Crippen MR) is 92.5 cm³/mol. The van der Waals surface area contributed by atoms with E-state index < -0.39 is 0 Å². The Kier molecular flexibility index (Phi) is 5.02. The summed E-state index contributed by atoms with van der Waals surface area (Å²) in [5.74, 6) is 0.403. The molecule has 2 aromatic heterocycles. The molecule has 0 aliphatic heterocycles. The highest BCUT2D eigenvalue weighted by molar-refractivity contribution is 7.98. The summed E-state index contributed by atoms with van der Waals surface area (Å²) in [4.78, 5) is 24.4. The SMILES string of the molecule is CSc1cc(C(=O)Nc2ccc(Oc3ncccn3)cc2)ccn1. The Morgan fingerprint density at radius 2 is 1.79 bits per heavy atom. The minimum absolute atomic E-state index is 0.187. The monoisotopic (exact) mass is 338 g/mol. The molecule has 6 nitrogen and oxygen atoms in total. The number of nitrogens with one attached hydrogen (secondary N) is 1. The Morgan fingerprint density at radius 1 is 1.04 bits per heavy atom. The second-order valence-corrected chi connectivity index (χ2v) is 5.53. The number of thioether (sulfide) groups is 1. The molecule has 3 aromatic rings. The Balaban J connectivity index is 1.66. The molecule has 1 amide bonds. The number of amides is 1. The quantitative estimate of drug-likeness (QED) is 0.716. The van der Waals surface area contributed by atoms with Gasteiger partial charge in [0.05, 0.1) is 5.03 Å².